The minimum absolute atomic E-state index is 0. The van der Waals surface area contributed by atoms with E-state index < -0.39 is 4.92 Å². The molecule has 0 radical (unpaired) electrons. The monoisotopic (exact) mass is 174 g/mol. The highest BCUT2D eigenvalue weighted by molar-refractivity contribution is 5.85. The van der Waals surface area contributed by atoms with Crippen molar-refractivity contribution in [2.75, 3.05) is 0 Å². The van der Waals surface area contributed by atoms with Crippen molar-refractivity contribution in [1.82, 2.24) is 4.98 Å². The molecule has 0 aliphatic heterocycles. The van der Waals surface area contributed by atoms with Gasteiger partial charge in [0.1, 0.15) is 5.69 Å². The second-order valence-electron chi connectivity index (χ2n) is 1.87. The zero-order valence-electron chi connectivity index (χ0n) is 5.85. The Kier molecular flexibility index (Phi) is 3.47. The molecule has 4 nitrogen and oxygen atoms in total. The third-order valence-electron chi connectivity index (χ3n) is 1.18. The molecule has 0 aliphatic carbocycles. The smallest absolute Gasteiger partial charge is 0.258 e. The van der Waals surface area contributed by atoms with Crippen LogP contribution in [0.5, 0.6) is 0 Å². The van der Waals surface area contributed by atoms with Gasteiger partial charge >= 0.3 is 0 Å². The molecular formula is C6H7ClN2O2. The van der Waals surface area contributed by atoms with Crippen LogP contribution in [0.2, 0.25) is 0 Å². The van der Waals surface area contributed by atoms with Crippen LogP contribution in [0.4, 0.5) is 5.69 Å². The van der Waals surface area contributed by atoms with E-state index in [-0.39, 0.29) is 18.1 Å². The lowest BCUT2D eigenvalue weighted by molar-refractivity contribution is -0.385. The van der Waals surface area contributed by atoms with Gasteiger partial charge in [0.2, 0.25) is 0 Å². The van der Waals surface area contributed by atoms with Gasteiger partial charge in [-0.3, -0.25) is 15.1 Å². The van der Waals surface area contributed by atoms with E-state index >= 15 is 0 Å². The van der Waals surface area contributed by atoms with Crippen molar-refractivity contribution in [2.45, 2.75) is 6.92 Å². The van der Waals surface area contributed by atoms with E-state index in [0.717, 1.165) is 0 Å². The van der Waals surface area contributed by atoms with Crippen molar-refractivity contribution in [3.8, 4) is 0 Å². The van der Waals surface area contributed by atoms with E-state index in [9.17, 15) is 10.1 Å². The van der Waals surface area contributed by atoms with Crippen LogP contribution in [-0.2, 0) is 0 Å². The van der Waals surface area contributed by atoms with Crippen molar-refractivity contribution in [1.29, 1.82) is 0 Å². The molecule has 1 rings (SSSR count). The van der Waals surface area contributed by atoms with E-state index in [2.05, 4.69) is 4.98 Å². The lowest BCUT2D eigenvalue weighted by Crippen LogP contribution is -1.92. The summed E-state index contributed by atoms with van der Waals surface area (Å²) < 4.78 is 0. The van der Waals surface area contributed by atoms with Gasteiger partial charge in [-0.05, 0) is 13.0 Å². The predicted octanol–water partition coefficient (Wildman–Crippen LogP) is 1.72. The molecule has 0 aromatic carbocycles. The summed E-state index contributed by atoms with van der Waals surface area (Å²) in [5.74, 6) is 0. The summed E-state index contributed by atoms with van der Waals surface area (Å²) >= 11 is 0. The first-order valence-electron chi connectivity index (χ1n) is 2.78. The maximum Gasteiger partial charge on any atom is 0.290 e. The van der Waals surface area contributed by atoms with Gasteiger partial charge < -0.3 is 0 Å². The van der Waals surface area contributed by atoms with Crippen LogP contribution in [0, 0.1) is 17.0 Å². The lowest BCUT2D eigenvalue weighted by Gasteiger charge is -1.91. The van der Waals surface area contributed by atoms with Gasteiger partial charge in [-0.1, -0.05) is 0 Å². The summed E-state index contributed by atoms with van der Waals surface area (Å²) in [5.41, 5.74) is 0.523. The topological polar surface area (TPSA) is 56.0 Å². The van der Waals surface area contributed by atoms with E-state index in [1.54, 1.807) is 13.0 Å². The Morgan fingerprint density at radius 3 is 2.64 bits per heavy atom. The first kappa shape index (κ1) is 9.84. The molecule has 0 fully saturated rings. The van der Waals surface area contributed by atoms with Crippen molar-refractivity contribution >= 4 is 18.1 Å². The quantitative estimate of drug-likeness (QED) is 0.481. The SMILES string of the molecule is Cc1ncccc1[N+](=O)[O-].Cl. The van der Waals surface area contributed by atoms with Crippen LogP contribution in [0.25, 0.3) is 0 Å². The molecule has 60 valence electrons. The fraction of sp³-hybridized carbons (Fsp3) is 0.167. The molecule has 0 amide bonds. The Morgan fingerprint density at radius 2 is 2.27 bits per heavy atom. The molecule has 0 bridgehead atoms. The highest BCUT2D eigenvalue weighted by Gasteiger charge is 2.07. The number of aromatic nitrogens is 1. The van der Waals surface area contributed by atoms with Gasteiger partial charge in [0.15, 0.2) is 0 Å². The highest BCUT2D eigenvalue weighted by Crippen LogP contribution is 2.12. The Bertz CT molecular complexity index is 265. The molecule has 0 unspecified atom stereocenters. The minimum atomic E-state index is -0.442. The van der Waals surface area contributed by atoms with Crippen LogP contribution in [0.1, 0.15) is 5.69 Å². The summed E-state index contributed by atoms with van der Waals surface area (Å²) in [6, 6.07) is 2.98. The normalized spacial score (nSPS) is 8.45. The highest BCUT2D eigenvalue weighted by atomic mass is 35.5. The maximum atomic E-state index is 10.2. The Hall–Kier alpha value is -1.16. The second kappa shape index (κ2) is 3.88. The molecule has 0 aliphatic rings. The number of aryl methyl sites for hydroxylation is 1. The fourth-order valence-electron chi connectivity index (χ4n) is 0.669. The van der Waals surface area contributed by atoms with Crippen LogP contribution in [0.15, 0.2) is 18.3 Å². The lowest BCUT2D eigenvalue weighted by atomic mass is 10.3. The summed E-state index contributed by atoms with van der Waals surface area (Å²) in [7, 11) is 0. The zero-order valence-corrected chi connectivity index (χ0v) is 6.67. The first-order chi connectivity index (χ1) is 4.72. The summed E-state index contributed by atoms with van der Waals surface area (Å²) in [4.78, 5) is 13.5. The van der Waals surface area contributed by atoms with Crippen LogP contribution < -0.4 is 0 Å². The van der Waals surface area contributed by atoms with Gasteiger partial charge in [0.05, 0.1) is 4.92 Å². The summed E-state index contributed by atoms with van der Waals surface area (Å²) in [6.45, 7) is 1.61. The van der Waals surface area contributed by atoms with Crippen molar-refractivity contribution in [2.24, 2.45) is 0 Å². The summed E-state index contributed by atoms with van der Waals surface area (Å²) in [6.07, 6.45) is 1.53. The number of rotatable bonds is 1. The Balaban J connectivity index is 0.000001000. The molecule has 0 atom stereocenters. The zero-order chi connectivity index (χ0) is 7.56. The molecule has 0 saturated heterocycles. The van der Waals surface area contributed by atoms with Gasteiger partial charge in [-0.15, -0.1) is 12.4 Å². The van der Waals surface area contributed by atoms with Crippen LogP contribution in [-0.4, -0.2) is 9.91 Å². The Morgan fingerprint density at radius 1 is 1.64 bits per heavy atom. The molecule has 1 heterocycles. The molecule has 0 saturated carbocycles. The third kappa shape index (κ3) is 2.16. The van der Waals surface area contributed by atoms with E-state index in [4.69, 9.17) is 0 Å². The molecule has 1 aromatic heterocycles. The van der Waals surface area contributed by atoms with Crippen molar-refractivity contribution in [3.05, 3.63) is 34.1 Å². The van der Waals surface area contributed by atoms with Crippen molar-refractivity contribution in [3.63, 3.8) is 0 Å². The van der Waals surface area contributed by atoms with E-state index in [0.29, 0.717) is 5.69 Å². The molecule has 0 N–H and O–H groups in total. The average molecular weight is 175 g/mol. The summed E-state index contributed by atoms with van der Waals surface area (Å²) in [5, 5.41) is 10.2. The average Bonchev–Trinajstić information content (AvgIpc) is 1.88. The molecule has 1 aromatic rings. The molecule has 5 heteroatoms. The van der Waals surface area contributed by atoms with E-state index in [1.807, 2.05) is 0 Å². The van der Waals surface area contributed by atoms with Gasteiger partial charge in [-0.2, -0.15) is 0 Å². The second-order valence-corrected chi connectivity index (χ2v) is 1.87. The Labute approximate surface area is 69.8 Å². The molecule has 11 heavy (non-hydrogen) atoms. The number of hydrogen-bond acceptors (Lipinski definition) is 3. The number of halogens is 1. The first-order valence-corrected chi connectivity index (χ1v) is 2.78. The van der Waals surface area contributed by atoms with Crippen LogP contribution >= 0.6 is 12.4 Å². The van der Waals surface area contributed by atoms with Gasteiger partial charge in [-0.25, -0.2) is 0 Å². The molecular weight excluding hydrogens is 168 g/mol. The van der Waals surface area contributed by atoms with E-state index in [1.165, 1.54) is 12.3 Å². The van der Waals surface area contributed by atoms with Crippen molar-refractivity contribution < 1.29 is 4.92 Å². The largest absolute Gasteiger partial charge is 0.290 e. The fourth-order valence-corrected chi connectivity index (χ4v) is 0.669. The van der Waals surface area contributed by atoms with Gasteiger partial charge in [0, 0.05) is 12.3 Å². The number of nitrogens with zero attached hydrogens (tertiary/aromatic N) is 2. The predicted molar refractivity (Wildman–Crippen MR) is 42.9 cm³/mol. The standard InChI is InChI=1S/C6H6N2O2.ClH/c1-5-6(8(9)10)3-2-4-7-5;/h2-4H,1H3;1H. The number of hydrogen-bond donors (Lipinski definition) is 0. The van der Waals surface area contributed by atoms with Crippen LogP contribution in [0.3, 0.4) is 0 Å². The minimum Gasteiger partial charge on any atom is -0.258 e. The maximum absolute atomic E-state index is 10.2. The number of nitro groups is 1. The van der Waals surface area contributed by atoms with Gasteiger partial charge in [0.25, 0.3) is 5.69 Å². The third-order valence-corrected chi connectivity index (χ3v) is 1.18. The number of pyridine rings is 1. The molecule has 0 spiro atoms.